The quantitative estimate of drug-likeness (QED) is 0.805. The first kappa shape index (κ1) is 16.8. The summed E-state index contributed by atoms with van der Waals surface area (Å²) in [5.74, 6) is 1.15. The lowest BCUT2D eigenvalue weighted by atomic mass is 10.0. The van der Waals surface area contributed by atoms with Crippen LogP contribution in [0, 0.1) is 0 Å². The van der Waals surface area contributed by atoms with E-state index in [1.807, 2.05) is 18.4 Å². The molecule has 21 heavy (non-hydrogen) atoms. The highest BCUT2D eigenvalue weighted by Crippen LogP contribution is 2.31. The van der Waals surface area contributed by atoms with E-state index in [1.54, 1.807) is 35.3 Å². The number of rotatable bonds is 6. The highest BCUT2D eigenvalue weighted by atomic mass is 32.2. The zero-order chi connectivity index (χ0) is 15.6. The molecule has 0 aromatic heterocycles. The number of ether oxygens (including phenoxy) is 1. The fourth-order valence-electron chi connectivity index (χ4n) is 2.51. The van der Waals surface area contributed by atoms with Crippen LogP contribution in [-0.4, -0.2) is 50.5 Å². The Kier molecular flexibility index (Phi) is 5.35. The van der Waals surface area contributed by atoms with Crippen LogP contribution in [-0.2, 0) is 14.8 Å². The first-order valence-electron chi connectivity index (χ1n) is 7.05. The maximum Gasteiger partial charge on any atom is 0.243 e. The van der Waals surface area contributed by atoms with Crippen molar-refractivity contribution in [2.75, 3.05) is 25.7 Å². The maximum atomic E-state index is 12.7. The maximum absolute atomic E-state index is 12.7. The first-order chi connectivity index (χ1) is 9.91. The smallest absolute Gasteiger partial charge is 0.243 e. The highest BCUT2D eigenvalue weighted by Gasteiger charge is 2.46. The van der Waals surface area contributed by atoms with Gasteiger partial charge in [-0.3, -0.25) is 0 Å². The van der Waals surface area contributed by atoms with Crippen LogP contribution in [0.3, 0.4) is 0 Å². The minimum Gasteiger partial charge on any atom is -0.378 e. The van der Waals surface area contributed by atoms with Gasteiger partial charge in [-0.25, -0.2) is 8.42 Å². The number of hydrogen-bond donors (Lipinski definition) is 0. The summed E-state index contributed by atoms with van der Waals surface area (Å²) >= 11 is 1.64. The third kappa shape index (κ3) is 3.28. The van der Waals surface area contributed by atoms with Gasteiger partial charge in [-0.1, -0.05) is 26.0 Å². The van der Waals surface area contributed by atoms with Crippen molar-refractivity contribution in [1.29, 1.82) is 0 Å². The van der Waals surface area contributed by atoms with Crippen molar-refractivity contribution in [3.8, 4) is 0 Å². The highest BCUT2D eigenvalue weighted by molar-refractivity contribution is 7.98. The largest absolute Gasteiger partial charge is 0.378 e. The van der Waals surface area contributed by atoms with Gasteiger partial charge in [0.25, 0.3) is 0 Å². The molecule has 6 heteroatoms. The summed E-state index contributed by atoms with van der Waals surface area (Å²) in [6.07, 6.45) is 1.98. The Labute approximate surface area is 131 Å². The van der Waals surface area contributed by atoms with Gasteiger partial charge in [-0.2, -0.15) is 16.1 Å². The zero-order valence-corrected chi connectivity index (χ0v) is 14.6. The van der Waals surface area contributed by atoms with E-state index in [0.717, 1.165) is 11.3 Å². The molecule has 0 spiro atoms. The molecular weight excluding hydrogens is 306 g/mol. The van der Waals surface area contributed by atoms with E-state index in [0.29, 0.717) is 17.4 Å². The van der Waals surface area contributed by atoms with Crippen molar-refractivity contribution in [1.82, 2.24) is 4.31 Å². The Morgan fingerprint density at radius 1 is 1.33 bits per heavy atom. The molecule has 0 saturated carbocycles. The van der Waals surface area contributed by atoms with Crippen LogP contribution >= 0.6 is 11.8 Å². The van der Waals surface area contributed by atoms with Gasteiger partial charge >= 0.3 is 0 Å². The minimum absolute atomic E-state index is 0.00200. The molecule has 1 fully saturated rings. The molecule has 4 nitrogen and oxygen atoms in total. The zero-order valence-electron chi connectivity index (χ0n) is 12.9. The molecule has 1 aromatic rings. The van der Waals surface area contributed by atoms with Crippen molar-refractivity contribution in [2.45, 2.75) is 36.8 Å². The molecule has 1 aliphatic rings. The van der Waals surface area contributed by atoms with Crippen LogP contribution in [0.4, 0.5) is 0 Å². The lowest BCUT2D eigenvalue weighted by molar-refractivity contribution is -0.0298. The number of thioether (sulfide) groups is 1. The van der Waals surface area contributed by atoms with Crippen molar-refractivity contribution >= 4 is 21.8 Å². The Balaban J connectivity index is 2.21. The molecular formula is C15H23NO3S2. The summed E-state index contributed by atoms with van der Waals surface area (Å²) in [6.45, 7) is 4.63. The second-order valence-electron chi connectivity index (χ2n) is 5.60. The Morgan fingerprint density at radius 3 is 2.43 bits per heavy atom. The van der Waals surface area contributed by atoms with Gasteiger partial charge < -0.3 is 4.74 Å². The van der Waals surface area contributed by atoms with Gasteiger partial charge in [-0.05, 0) is 29.9 Å². The van der Waals surface area contributed by atoms with Crippen molar-refractivity contribution < 1.29 is 13.2 Å². The Hall–Kier alpha value is -0.560. The van der Waals surface area contributed by atoms with Crippen LogP contribution in [0.2, 0.25) is 0 Å². The molecule has 118 valence electrons. The molecule has 2 atom stereocenters. The molecule has 1 aromatic carbocycles. The fraction of sp³-hybridized carbons (Fsp3) is 0.600. The summed E-state index contributed by atoms with van der Waals surface area (Å²) in [4.78, 5) is 0.368. The molecule has 1 heterocycles. The average molecular weight is 329 g/mol. The molecule has 0 amide bonds. The molecule has 2 unspecified atom stereocenters. The van der Waals surface area contributed by atoms with Crippen LogP contribution in [0.5, 0.6) is 0 Å². The Morgan fingerprint density at radius 2 is 1.95 bits per heavy atom. The van der Waals surface area contributed by atoms with E-state index in [1.165, 1.54) is 0 Å². The van der Waals surface area contributed by atoms with Crippen LogP contribution in [0.1, 0.15) is 25.3 Å². The van der Waals surface area contributed by atoms with Gasteiger partial charge in [0.1, 0.15) is 0 Å². The summed E-state index contributed by atoms with van der Waals surface area (Å²) < 4.78 is 32.3. The lowest BCUT2D eigenvalue weighted by Crippen LogP contribution is -2.63. The molecule has 0 aliphatic carbocycles. The minimum atomic E-state index is -3.42. The molecule has 2 rings (SSSR count). The third-order valence-corrected chi connectivity index (χ3v) is 6.53. The van der Waals surface area contributed by atoms with Crippen LogP contribution in [0.15, 0.2) is 29.2 Å². The number of benzene rings is 1. The molecule has 0 radical (unpaired) electrons. The predicted molar refractivity (Wildman–Crippen MR) is 87.4 cm³/mol. The van der Waals surface area contributed by atoms with E-state index in [-0.39, 0.29) is 12.1 Å². The van der Waals surface area contributed by atoms with E-state index >= 15 is 0 Å². The normalized spacial score (nSPS) is 23.3. The van der Waals surface area contributed by atoms with E-state index in [9.17, 15) is 8.42 Å². The average Bonchev–Trinajstić information content (AvgIpc) is 2.44. The predicted octanol–water partition coefficient (Wildman–Crippen LogP) is 2.56. The van der Waals surface area contributed by atoms with Crippen molar-refractivity contribution in [2.24, 2.45) is 0 Å². The second kappa shape index (κ2) is 6.69. The van der Waals surface area contributed by atoms with Gasteiger partial charge in [0, 0.05) is 19.4 Å². The van der Waals surface area contributed by atoms with E-state index in [2.05, 4.69) is 13.8 Å². The van der Waals surface area contributed by atoms with Crippen molar-refractivity contribution in [3.63, 3.8) is 0 Å². The SMILES string of the molecule is COC1CN(S(=O)(=O)c2ccc(C(C)C)cc2)C1CSC. The fourth-order valence-corrected chi connectivity index (χ4v) is 5.00. The monoisotopic (exact) mass is 329 g/mol. The standard InChI is InChI=1S/C15H23NO3S2/c1-11(2)12-5-7-13(8-6-12)21(17,18)16-9-15(19-3)14(16)10-20-4/h5-8,11,14-15H,9-10H2,1-4H3. The van der Waals surface area contributed by atoms with Gasteiger partial charge in [-0.15, -0.1) is 0 Å². The summed E-state index contributed by atoms with van der Waals surface area (Å²) in [6, 6.07) is 7.14. The molecule has 1 saturated heterocycles. The number of hydrogen-bond acceptors (Lipinski definition) is 4. The van der Waals surface area contributed by atoms with Crippen LogP contribution in [0.25, 0.3) is 0 Å². The summed E-state index contributed by atoms with van der Waals surface area (Å²) in [5, 5.41) is 0. The lowest BCUT2D eigenvalue weighted by Gasteiger charge is -2.45. The Bertz CT molecular complexity index is 569. The molecule has 0 bridgehead atoms. The van der Waals surface area contributed by atoms with Crippen LogP contribution < -0.4 is 0 Å². The van der Waals surface area contributed by atoms with E-state index < -0.39 is 10.0 Å². The second-order valence-corrected chi connectivity index (χ2v) is 8.40. The third-order valence-electron chi connectivity index (χ3n) is 3.95. The number of methoxy groups -OCH3 is 1. The van der Waals surface area contributed by atoms with E-state index in [4.69, 9.17) is 4.74 Å². The van der Waals surface area contributed by atoms with Crippen molar-refractivity contribution in [3.05, 3.63) is 29.8 Å². The first-order valence-corrected chi connectivity index (χ1v) is 9.88. The number of sulfonamides is 1. The van der Waals surface area contributed by atoms with Gasteiger partial charge in [0.05, 0.1) is 17.0 Å². The molecule has 1 aliphatic heterocycles. The molecule has 0 N–H and O–H groups in total. The van der Waals surface area contributed by atoms with Gasteiger partial charge in [0.15, 0.2) is 0 Å². The summed E-state index contributed by atoms with van der Waals surface area (Å²) in [7, 11) is -1.78. The summed E-state index contributed by atoms with van der Waals surface area (Å²) in [5.41, 5.74) is 1.15. The number of nitrogens with zero attached hydrogens (tertiary/aromatic N) is 1. The topological polar surface area (TPSA) is 46.6 Å². The van der Waals surface area contributed by atoms with Gasteiger partial charge in [0.2, 0.25) is 10.0 Å².